The van der Waals surface area contributed by atoms with Crippen LogP contribution in [0.2, 0.25) is 0 Å². The van der Waals surface area contributed by atoms with E-state index >= 15 is 0 Å². The lowest BCUT2D eigenvalue weighted by Crippen LogP contribution is -2.35. The lowest BCUT2D eigenvalue weighted by Gasteiger charge is -2.20. The number of aromatic amines is 1. The molecule has 130 valence electrons. The second kappa shape index (κ2) is 7.42. The number of rotatable bonds is 6. The molecule has 0 saturated heterocycles. The topological polar surface area (TPSA) is 54.1 Å². The van der Waals surface area contributed by atoms with E-state index in [0.29, 0.717) is 0 Å². The van der Waals surface area contributed by atoms with Crippen LogP contribution in [-0.2, 0) is 0 Å². The first-order valence-corrected chi connectivity index (χ1v) is 9.00. The summed E-state index contributed by atoms with van der Waals surface area (Å²) < 4.78 is 6.16. The number of carbonyl (C=O) groups excluding carboxylic acids is 1. The summed E-state index contributed by atoms with van der Waals surface area (Å²) in [5.41, 5.74) is 2.79. The van der Waals surface area contributed by atoms with Crippen LogP contribution >= 0.6 is 15.9 Å². The van der Waals surface area contributed by atoms with Crippen LogP contribution in [0.3, 0.4) is 0 Å². The van der Waals surface area contributed by atoms with E-state index in [9.17, 15) is 4.79 Å². The molecule has 3 rings (SSSR count). The molecule has 2 N–H and O–H groups in total. The molecule has 25 heavy (non-hydrogen) atoms. The number of methoxy groups -OCH3 is 1. The van der Waals surface area contributed by atoms with Crippen LogP contribution in [-0.4, -0.2) is 23.9 Å². The Morgan fingerprint density at radius 2 is 1.96 bits per heavy atom. The number of H-pyrrole nitrogens is 1. The SMILES string of the molecule is COc1ccc([C@@H](C)N[C@H](C)C(=O)c2c[nH]c3ccccc23)cc1Br. The van der Waals surface area contributed by atoms with Gasteiger partial charge >= 0.3 is 0 Å². The van der Waals surface area contributed by atoms with Gasteiger partial charge in [-0.3, -0.25) is 4.79 Å². The van der Waals surface area contributed by atoms with Crippen LogP contribution in [0, 0.1) is 0 Å². The highest BCUT2D eigenvalue weighted by molar-refractivity contribution is 9.10. The molecular weight excluding hydrogens is 380 g/mol. The number of aromatic nitrogens is 1. The minimum Gasteiger partial charge on any atom is -0.496 e. The normalized spacial score (nSPS) is 13.6. The van der Waals surface area contributed by atoms with E-state index in [-0.39, 0.29) is 17.9 Å². The van der Waals surface area contributed by atoms with E-state index in [1.54, 1.807) is 13.3 Å². The van der Waals surface area contributed by atoms with Crippen LogP contribution in [0.4, 0.5) is 0 Å². The standard InChI is InChI=1S/C20H21BrN2O2/c1-12(14-8-9-19(25-3)17(21)10-14)23-13(2)20(24)16-11-22-18-7-5-4-6-15(16)18/h4-13,22-23H,1-3H3/t12-,13-/m1/s1. The Morgan fingerprint density at radius 3 is 2.68 bits per heavy atom. The zero-order valence-electron chi connectivity index (χ0n) is 14.5. The van der Waals surface area contributed by atoms with Gasteiger partial charge in [-0.15, -0.1) is 0 Å². The van der Waals surface area contributed by atoms with Crippen molar-refractivity contribution in [3.8, 4) is 5.75 Å². The van der Waals surface area contributed by atoms with Gasteiger partial charge in [0.15, 0.2) is 5.78 Å². The smallest absolute Gasteiger partial charge is 0.181 e. The van der Waals surface area contributed by atoms with Crippen molar-refractivity contribution in [2.24, 2.45) is 0 Å². The van der Waals surface area contributed by atoms with Crippen LogP contribution in [0.5, 0.6) is 5.75 Å². The van der Waals surface area contributed by atoms with Gasteiger partial charge in [0.2, 0.25) is 0 Å². The summed E-state index contributed by atoms with van der Waals surface area (Å²) in [4.78, 5) is 16.0. The molecule has 0 amide bonds. The fraction of sp³-hybridized carbons (Fsp3) is 0.250. The third-order valence-electron chi connectivity index (χ3n) is 4.42. The third-order valence-corrected chi connectivity index (χ3v) is 5.04. The lowest BCUT2D eigenvalue weighted by atomic mass is 10.0. The molecule has 2 aromatic carbocycles. The lowest BCUT2D eigenvalue weighted by molar-refractivity contribution is 0.0947. The summed E-state index contributed by atoms with van der Waals surface area (Å²) in [6.45, 7) is 3.95. The average molecular weight is 401 g/mol. The van der Waals surface area contributed by atoms with Crippen molar-refractivity contribution in [3.05, 3.63) is 64.3 Å². The number of hydrogen-bond donors (Lipinski definition) is 2. The van der Waals surface area contributed by atoms with E-state index in [1.165, 1.54) is 0 Å². The summed E-state index contributed by atoms with van der Waals surface area (Å²) in [7, 11) is 1.64. The second-order valence-corrected chi connectivity index (χ2v) is 6.97. The molecule has 5 heteroatoms. The van der Waals surface area contributed by atoms with Crippen molar-refractivity contribution in [2.75, 3.05) is 7.11 Å². The summed E-state index contributed by atoms with van der Waals surface area (Å²) in [5, 5.41) is 4.35. The van der Waals surface area contributed by atoms with Crippen LogP contribution in [0.15, 0.2) is 53.1 Å². The van der Waals surface area contributed by atoms with E-state index in [4.69, 9.17) is 4.74 Å². The fourth-order valence-electron chi connectivity index (χ4n) is 3.01. The number of Topliss-reactive ketones (excluding diaryl/α,β-unsaturated/α-hetero) is 1. The highest BCUT2D eigenvalue weighted by Gasteiger charge is 2.21. The minimum absolute atomic E-state index is 0.0337. The minimum atomic E-state index is -0.296. The van der Waals surface area contributed by atoms with Gasteiger partial charge in [-0.25, -0.2) is 0 Å². The first-order valence-electron chi connectivity index (χ1n) is 8.21. The van der Waals surface area contributed by atoms with Crippen molar-refractivity contribution in [1.29, 1.82) is 0 Å². The molecule has 3 aromatic rings. The molecule has 4 nitrogen and oxygen atoms in total. The third kappa shape index (κ3) is 3.62. The van der Waals surface area contributed by atoms with Crippen molar-refractivity contribution in [2.45, 2.75) is 25.9 Å². The molecule has 0 aliphatic heterocycles. The van der Waals surface area contributed by atoms with Gasteiger partial charge < -0.3 is 15.0 Å². The molecule has 0 saturated carbocycles. The maximum atomic E-state index is 12.8. The van der Waals surface area contributed by atoms with E-state index < -0.39 is 0 Å². The number of nitrogens with one attached hydrogen (secondary N) is 2. The summed E-state index contributed by atoms with van der Waals surface area (Å²) in [6.07, 6.45) is 1.79. The van der Waals surface area contributed by atoms with Crippen molar-refractivity contribution in [3.63, 3.8) is 0 Å². The molecule has 0 aliphatic carbocycles. The maximum Gasteiger partial charge on any atom is 0.181 e. The van der Waals surface area contributed by atoms with Crippen molar-refractivity contribution < 1.29 is 9.53 Å². The molecule has 0 radical (unpaired) electrons. The molecule has 0 aliphatic rings. The Morgan fingerprint density at radius 1 is 1.20 bits per heavy atom. The fourth-order valence-corrected chi connectivity index (χ4v) is 3.57. The summed E-state index contributed by atoms with van der Waals surface area (Å²) in [5.74, 6) is 0.871. The van der Waals surface area contributed by atoms with Crippen molar-refractivity contribution in [1.82, 2.24) is 10.3 Å². The van der Waals surface area contributed by atoms with E-state index in [2.05, 4.69) is 26.2 Å². The molecule has 0 spiro atoms. The number of carbonyl (C=O) groups is 1. The molecule has 0 unspecified atom stereocenters. The number of ether oxygens (including phenoxy) is 1. The monoisotopic (exact) mass is 400 g/mol. The number of para-hydroxylation sites is 1. The first-order chi connectivity index (χ1) is 12.0. The Labute approximate surface area is 155 Å². The van der Waals surface area contributed by atoms with Gasteiger partial charge in [0, 0.05) is 28.7 Å². The van der Waals surface area contributed by atoms with Gasteiger partial charge in [-0.1, -0.05) is 24.3 Å². The first kappa shape index (κ1) is 17.7. The van der Waals surface area contributed by atoms with Crippen molar-refractivity contribution >= 4 is 32.6 Å². The Hall–Kier alpha value is -2.11. The van der Waals surface area contributed by atoms with E-state index in [1.807, 2.05) is 56.3 Å². The van der Waals surface area contributed by atoms with Crippen LogP contribution in [0.25, 0.3) is 10.9 Å². The van der Waals surface area contributed by atoms with Gasteiger partial charge in [0.1, 0.15) is 5.75 Å². The Kier molecular flexibility index (Phi) is 5.25. The Balaban J connectivity index is 1.76. The predicted molar refractivity (Wildman–Crippen MR) is 104 cm³/mol. The summed E-state index contributed by atoms with van der Waals surface area (Å²) in [6, 6.07) is 13.5. The second-order valence-electron chi connectivity index (χ2n) is 6.12. The molecule has 2 atom stereocenters. The molecule has 0 fully saturated rings. The highest BCUT2D eigenvalue weighted by atomic mass is 79.9. The zero-order valence-corrected chi connectivity index (χ0v) is 16.1. The van der Waals surface area contributed by atoms with Crippen LogP contribution < -0.4 is 10.1 Å². The Bertz CT molecular complexity index is 904. The number of hydrogen-bond acceptors (Lipinski definition) is 3. The molecule has 1 aromatic heterocycles. The highest BCUT2D eigenvalue weighted by Crippen LogP contribution is 2.28. The quantitative estimate of drug-likeness (QED) is 0.580. The van der Waals surface area contributed by atoms with E-state index in [0.717, 1.165) is 32.3 Å². The maximum absolute atomic E-state index is 12.8. The van der Waals surface area contributed by atoms with Gasteiger partial charge in [-0.2, -0.15) is 0 Å². The number of halogens is 1. The van der Waals surface area contributed by atoms with Crippen LogP contribution in [0.1, 0.15) is 35.8 Å². The van der Waals surface area contributed by atoms with Gasteiger partial charge in [-0.05, 0) is 53.5 Å². The van der Waals surface area contributed by atoms with Gasteiger partial charge in [0.05, 0.1) is 17.6 Å². The number of benzene rings is 2. The average Bonchev–Trinajstić information content (AvgIpc) is 3.04. The number of fused-ring (bicyclic) bond motifs is 1. The molecular formula is C20H21BrN2O2. The van der Waals surface area contributed by atoms with Gasteiger partial charge in [0.25, 0.3) is 0 Å². The molecule has 1 heterocycles. The number of ketones is 1. The molecule has 0 bridgehead atoms. The summed E-state index contributed by atoms with van der Waals surface area (Å²) >= 11 is 3.51. The predicted octanol–water partition coefficient (Wildman–Crippen LogP) is 4.86. The largest absolute Gasteiger partial charge is 0.496 e. The zero-order chi connectivity index (χ0) is 18.0.